The molecule has 1 aromatic rings. The van der Waals surface area contributed by atoms with Crippen molar-refractivity contribution in [1.82, 2.24) is 0 Å². The van der Waals surface area contributed by atoms with Crippen LogP contribution in [0, 0.1) is 0 Å². The highest BCUT2D eigenvalue weighted by atomic mass is 80.0. The molecule has 1 aromatic carbocycles. The van der Waals surface area contributed by atoms with Crippen LogP contribution in [0.15, 0.2) is 22.7 Å². The Balaban J connectivity index is 3.28. The summed E-state index contributed by atoms with van der Waals surface area (Å²) in [5.74, 6) is 0. The zero-order valence-corrected chi connectivity index (χ0v) is 16.1. The fraction of sp³-hybridized carbons (Fsp3) is 0.250. The van der Waals surface area contributed by atoms with E-state index in [4.69, 9.17) is 0 Å². The van der Waals surface area contributed by atoms with Gasteiger partial charge in [-0.1, -0.05) is 114 Å². The number of benzene rings is 1. The van der Waals surface area contributed by atoms with E-state index in [2.05, 4.69) is 95.6 Å². The topological polar surface area (TPSA) is 0 Å². The van der Waals surface area contributed by atoms with Gasteiger partial charge in [-0.15, -0.1) is 0 Å². The lowest BCUT2D eigenvalue weighted by Crippen LogP contribution is -2.01. The van der Waals surface area contributed by atoms with E-state index in [1.165, 1.54) is 0 Å². The first-order valence-electron chi connectivity index (χ1n) is 3.48. The number of halogens is 6. The molecule has 0 nitrogen and oxygen atoms in total. The van der Waals surface area contributed by atoms with Crippen LogP contribution in [0.3, 0.4) is 0 Å². The van der Waals surface area contributed by atoms with Gasteiger partial charge in [0.2, 0.25) is 0 Å². The van der Waals surface area contributed by atoms with Crippen molar-refractivity contribution in [2.45, 2.75) is 5.88 Å². The van der Waals surface area contributed by atoms with Gasteiger partial charge in [0.05, 0.1) is 3.74 Å². The first kappa shape index (κ1) is 14.2. The van der Waals surface area contributed by atoms with E-state index < -0.39 is 2.14 Å². The van der Waals surface area contributed by atoms with Gasteiger partial charge in [-0.3, -0.25) is 0 Å². The molecule has 0 heterocycles. The van der Waals surface area contributed by atoms with E-state index in [1.807, 2.05) is 18.2 Å². The van der Waals surface area contributed by atoms with Gasteiger partial charge in [-0.2, -0.15) is 0 Å². The fourth-order valence-corrected chi connectivity index (χ4v) is 4.89. The average Bonchev–Trinajstić information content (AvgIpc) is 2.01. The molecule has 0 fully saturated rings. The molecule has 0 bridgehead atoms. The molecule has 0 N–H and O–H groups in total. The lowest BCUT2D eigenvalue weighted by molar-refractivity contribution is 1.27. The normalized spacial score (nSPS) is 12.2. The van der Waals surface area contributed by atoms with Crippen molar-refractivity contribution in [3.63, 3.8) is 0 Å². The molecule has 0 aliphatic carbocycles. The van der Waals surface area contributed by atoms with Gasteiger partial charge in [-0.05, 0) is 5.56 Å². The fourth-order valence-electron chi connectivity index (χ4n) is 0.937. The summed E-state index contributed by atoms with van der Waals surface area (Å²) >= 11 is 21.0. The molecule has 0 amide bonds. The molecule has 0 saturated carbocycles. The van der Waals surface area contributed by atoms with E-state index >= 15 is 0 Å². The minimum absolute atomic E-state index is 0.138. The van der Waals surface area contributed by atoms with Crippen LogP contribution in [-0.4, -0.2) is 0 Å². The van der Waals surface area contributed by atoms with Gasteiger partial charge < -0.3 is 0 Å². The minimum atomic E-state index is -0.392. The van der Waals surface area contributed by atoms with Gasteiger partial charge in [0.15, 0.2) is 2.14 Å². The van der Waals surface area contributed by atoms with Gasteiger partial charge in [-0.25, -0.2) is 0 Å². The summed E-state index contributed by atoms with van der Waals surface area (Å²) in [5, 5.41) is 0. The Morgan fingerprint density at radius 1 is 1.07 bits per heavy atom. The van der Waals surface area contributed by atoms with Gasteiger partial charge >= 0.3 is 0 Å². The molecule has 0 aliphatic rings. The van der Waals surface area contributed by atoms with E-state index in [0.717, 1.165) is 15.6 Å². The molecular formula is C8H4Br6. The Bertz CT molecular complexity index is 327. The first-order chi connectivity index (χ1) is 6.34. The standard InChI is InChI=1S/C8H4Br6/c9-6-4(7(10)11)2-1-3-5(6)8(12,13)14/h1-3,7H. The maximum Gasteiger partial charge on any atom is 0.160 e. The van der Waals surface area contributed by atoms with Gasteiger partial charge in [0.1, 0.15) is 0 Å². The predicted octanol–water partition coefficient (Wildman–Crippen LogP) is 6.53. The molecule has 0 atom stereocenters. The Morgan fingerprint density at radius 3 is 2.07 bits per heavy atom. The summed E-state index contributed by atoms with van der Waals surface area (Å²) in [4.78, 5) is 0. The van der Waals surface area contributed by atoms with Crippen molar-refractivity contribution >= 4 is 95.6 Å². The maximum atomic E-state index is 3.57. The van der Waals surface area contributed by atoms with Crippen molar-refractivity contribution in [3.8, 4) is 0 Å². The molecular weight excluding hydrogens is 576 g/mol. The van der Waals surface area contributed by atoms with Crippen LogP contribution < -0.4 is 0 Å². The van der Waals surface area contributed by atoms with E-state index in [9.17, 15) is 0 Å². The van der Waals surface area contributed by atoms with Crippen molar-refractivity contribution in [2.75, 3.05) is 0 Å². The zero-order valence-electron chi connectivity index (χ0n) is 6.58. The first-order valence-corrected chi connectivity index (χ1v) is 8.48. The van der Waals surface area contributed by atoms with E-state index in [-0.39, 0.29) is 3.74 Å². The van der Waals surface area contributed by atoms with Gasteiger partial charge in [0, 0.05) is 10.0 Å². The summed E-state index contributed by atoms with van der Waals surface area (Å²) in [6.45, 7) is 0. The van der Waals surface area contributed by atoms with Crippen molar-refractivity contribution in [3.05, 3.63) is 33.8 Å². The molecule has 0 aromatic heterocycles. The summed E-state index contributed by atoms with van der Waals surface area (Å²) in [6, 6.07) is 6.07. The molecule has 0 unspecified atom stereocenters. The van der Waals surface area contributed by atoms with Crippen LogP contribution in [0.5, 0.6) is 0 Å². The molecule has 1 rings (SSSR count). The van der Waals surface area contributed by atoms with Gasteiger partial charge in [0.25, 0.3) is 0 Å². The molecule has 0 spiro atoms. The molecule has 78 valence electrons. The second-order valence-corrected chi connectivity index (χ2v) is 13.1. The summed E-state index contributed by atoms with van der Waals surface area (Å²) in [6.07, 6.45) is 0. The summed E-state index contributed by atoms with van der Waals surface area (Å²) < 4.78 is 0.792. The van der Waals surface area contributed by atoms with Crippen molar-refractivity contribution in [2.24, 2.45) is 0 Å². The van der Waals surface area contributed by atoms with Crippen LogP contribution in [0.1, 0.15) is 14.9 Å². The number of rotatable bonds is 1. The SMILES string of the molecule is Brc1c(C(Br)Br)cccc1C(Br)(Br)Br. The smallest absolute Gasteiger partial charge is 0.0712 e. The Labute approximate surface area is 133 Å². The Morgan fingerprint density at radius 2 is 1.64 bits per heavy atom. The van der Waals surface area contributed by atoms with Crippen LogP contribution in [0.25, 0.3) is 0 Å². The minimum Gasteiger partial charge on any atom is -0.0712 e. The third-order valence-electron chi connectivity index (χ3n) is 1.57. The molecule has 0 saturated heterocycles. The number of alkyl halides is 5. The highest BCUT2D eigenvalue weighted by Gasteiger charge is 2.25. The summed E-state index contributed by atoms with van der Waals surface area (Å²) in [7, 11) is 0. The monoisotopic (exact) mass is 574 g/mol. The van der Waals surface area contributed by atoms with Crippen molar-refractivity contribution in [1.29, 1.82) is 0 Å². The molecule has 0 aliphatic heterocycles. The predicted molar refractivity (Wildman–Crippen MR) is 83.2 cm³/mol. The summed E-state index contributed by atoms with van der Waals surface area (Å²) in [5.41, 5.74) is 2.23. The quantitative estimate of drug-likeness (QED) is 0.332. The van der Waals surface area contributed by atoms with Crippen molar-refractivity contribution < 1.29 is 0 Å². The second kappa shape index (κ2) is 5.63. The number of hydrogen-bond donors (Lipinski definition) is 0. The largest absolute Gasteiger partial charge is 0.160 e. The van der Waals surface area contributed by atoms with Crippen LogP contribution in [0.4, 0.5) is 0 Å². The van der Waals surface area contributed by atoms with Crippen LogP contribution in [-0.2, 0) is 2.14 Å². The molecule has 6 heteroatoms. The average molecular weight is 580 g/mol. The van der Waals surface area contributed by atoms with Crippen LogP contribution in [0.2, 0.25) is 0 Å². The Hall–Kier alpha value is 2.10. The Kier molecular flexibility index (Phi) is 5.69. The van der Waals surface area contributed by atoms with E-state index in [0.29, 0.717) is 0 Å². The molecule has 14 heavy (non-hydrogen) atoms. The zero-order chi connectivity index (χ0) is 10.9. The lowest BCUT2D eigenvalue weighted by atomic mass is 10.2. The third-order valence-corrected chi connectivity index (χ3v) is 4.72. The maximum absolute atomic E-state index is 3.57. The highest BCUT2D eigenvalue weighted by Crippen LogP contribution is 2.49. The second-order valence-electron chi connectivity index (χ2n) is 2.51. The lowest BCUT2D eigenvalue weighted by Gasteiger charge is -2.17. The van der Waals surface area contributed by atoms with Crippen LogP contribution >= 0.6 is 95.6 Å². The van der Waals surface area contributed by atoms with E-state index in [1.54, 1.807) is 0 Å². The molecule has 0 radical (unpaired) electrons. The third kappa shape index (κ3) is 3.55. The number of hydrogen-bond acceptors (Lipinski definition) is 0. The highest BCUT2D eigenvalue weighted by molar-refractivity contribution is 9.38.